The fraction of sp³-hybridized carbons (Fsp3) is 0.111. The molecule has 5 heteroatoms. The van der Waals surface area contributed by atoms with Crippen molar-refractivity contribution in [1.82, 2.24) is 4.98 Å². The summed E-state index contributed by atoms with van der Waals surface area (Å²) in [5.41, 5.74) is 2.08. The highest BCUT2D eigenvalue weighted by Gasteiger charge is 2.09. The predicted octanol–water partition coefficient (Wildman–Crippen LogP) is 4.10. The van der Waals surface area contributed by atoms with E-state index < -0.39 is 0 Å². The molecule has 0 saturated heterocycles. The third kappa shape index (κ3) is 3.77. The molecule has 2 heterocycles. The van der Waals surface area contributed by atoms with Gasteiger partial charge in [0.1, 0.15) is 5.82 Å². The largest absolute Gasteiger partial charge is 0.459 e. The van der Waals surface area contributed by atoms with Gasteiger partial charge in [-0.2, -0.15) is 0 Å². The molecular weight excluding hydrogens is 290 g/mol. The van der Waals surface area contributed by atoms with E-state index in [1.165, 1.54) is 11.8 Å². The third-order valence-corrected chi connectivity index (χ3v) is 3.43. The number of rotatable bonds is 5. The van der Waals surface area contributed by atoms with Gasteiger partial charge in [-0.05, 0) is 36.8 Å². The Bertz CT molecular complexity index is 753. The van der Waals surface area contributed by atoms with Crippen LogP contribution in [0.3, 0.4) is 0 Å². The van der Waals surface area contributed by atoms with E-state index in [0.29, 0.717) is 5.82 Å². The molecule has 1 atom stereocenters. The Morgan fingerprint density at radius 3 is 2.57 bits per heavy atom. The maximum Gasteiger partial charge on any atom is 0.292 e. The molecule has 3 aromatic rings. The molecule has 0 aliphatic carbocycles. The fourth-order valence-corrected chi connectivity index (χ4v) is 2.21. The van der Waals surface area contributed by atoms with E-state index in [0.717, 1.165) is 5.69 Å². The Morgan fingerprint density at radius 2 is 1.91 bits per heavy atom. The summed E-state index contributed by atoms with van der Waals surface area (Å²) in [5, 5.41) is 6.06. The number of nitrogens with zero attached hydrogens (tertiary/aromatic N) is 1. The van der Waals surface area contributed by atoms with E-state index in [9.17, 15) is 4.79 Å². The molecule has 0 saturated carbocycles. The average molecular weight is 307 g/mol. The van der Waals surface area contributed by atoms with Gasteiger partial charge in [-0.1, -0.05) is 30.3 Å². The number of carbonyl (C=O) groups excluding carboxylic acids is 1. The zero-order valence-electron chi connectivity index (χ0n) is 12.7. The van der Waals surface area contributed by atoms with E-state index in [1.807, 2.05) is 24.3 Å². The van der Waals surface area contributed by atoms with Gasteiger partial charge >= 0.3 is 0 Å². The molecule has 0 spiro atoms. The summed E-state index contributed by atoms with van der Waals surface area (Å²) in [6, 6.07) is 17.2. The summed E-state index contributed by atoms with van der Waals surface area (Å²) in [4.78, 5) is 16.1. The minimum absolute atomic E-state index is 0.168. The first-order valence-corrected chi connectivity index (χ1v) is 7.35. The molecule has 0 fully saturated rings. The second-order valence-corrected chi connectivity index (χ2v) is 5.14. The first kappa shape index (κ1) is 14.8. The van der Waals surface area contributed by atoms with Gasteiger partial charge in [0, 0.05) is 6.04 Å². The average Bonchev–Trinajstić information content (AvgIpc) is 3.12. The summed E-state index contributed by atoms with van der Waals surface area (Å²) >= 11 is 0. The minimum atomic E-state index is -0.319. The van der Waals surface area contributed by atoms with Crippen molar-refractivity contribution >= 4 is 17.4 Å². The molecule has 23 heavy (non-hydrogen) atoms. The van der Waals surface area contributed by atoms with Crippen molar-refractivity contribution in [3.8, 4) is 0 Å². The summed E-state index contributed by atoms with van der Waals surface area (Å²) in [5.74, 6) is 0.414. The number of furan rings is 1. The van der Waals surface area contributed by atoms with E-state index in [1.54, 1.807) is 24.4 Å². The third-order valence-electron chi connectivity index (χ3n) is 3.43. The van der Waals surface area contributed by atoms with E-state index >= 15 is 0 Å². The maximum atomic E-state index is 11.9. The van der Waals surface area contributed by atoms with Crippen molar-refractivity contribution in [3.63, 3.8) is 0 Å². The highest BCUT2D eigenvalue weighted by atomic mass is 16.3. The summed E-state index contributed by atoms with van der Waals surface area (Å²) < 4.78 is 5.04. The lowest BCUT2D eigenvalue weighted by Crippen LogP contribution is -2.12. The van der Waals surface area contributed by atoms with Crippen LogP contribution < -0.4 is 10.6 Å². The van der Waals surface area contributed by atoms with Gasteiger partial charge in [0.05, 0.1) is 18.1 Å². The smallest absolute Gasteiger partial charge is 0.292 e. The highest BCUT2D eigenvalue weighted by Crippen LogP contribution is 2.19. The molecule has 0 aliphatic heterocycles. The Hall–Kier alpha value is -3.08. The van der Waals surface area contributed by atoms with Crippen LogP contribution in [0.5, 0.6) is 0 Å². The Balaban J connectivity index is 1.62. The van der Waals surface area contributed by atoms with Crippen LogP contribution in [0.25, 0.3) is 0 Å². The lowest BCUT2D eigenvalue weighted by molar-refractivity contribution is 0.0996. The van der Waals surface area contributed by atoms with E-state index in [-0.39, 0.29) is 17.7 Å². The van der Waals surface area contributed by atoms with Crippen LogP contribution in [0.15, 0.2) is 71.5 Å². The zero-order chi connectivity index (χ0) is 16.1. The number of hydrogen-bond donors (Lipinski definition) is 2. The number of anilines is 2. The fourth-order valence-electron chi connectivity index (χ4n) is 2.21. The lowest BCUT2D eigenvalue weighted by Gasteiger charge is -2.15. The first-order chi connectivity index (χ1) is 11.2. The monoisotopic (exact) mass is 307 g/mol. The molecule has 116 valence electrons. The van der Waals surface area contributed by atoms with E-state index in [2.05, 4.69) is 34.7 Å². The molecule has 1 aromatic carbocycles. The van der Waals surface area contributed by atoms with Gasteiger partial charge < -0.3 is 15.1 Å². The second kappa shape index (κ2) is 6.79. The Morgan fingerprint density at radius 1 is 1.09 bits per heavy atom. The van der Waals surface area contributed by atoms with E-state index in [4.69, 9.17) is 4.42 Å². The van der Waals surface area contributed by atoms with Crippen molar-refractivity contribution < 1.29 is 9.21 Å². The van der Waals surface area contributed by atoms with Crippen LogP contribution in [-0.4, -0.2) is 10.9 Å². The number of hydrogen-bond acceptors (Lipinski definition) is 4. The Kier molecular flexibility index (Phi) is 4.38. The molecule has 3 rings (SSSR count). The van der Waals surface area contributed by atoms with Crippen LogP contribution in [0.2, 0.25) is 0 Å². The number of benzene rings is 1. The minimum Gasteiger partial charge on any atom is -0.459 e. The van der Waals surface area contributed by atoms with Gasteiger partial charge in [0.15, 0.2) is 5.76 Å². The van der Waals surface area contributed by atoms with Crippen molar-refractivity contribution in [2.24, 2.45) is 0 Å². The second-order valence-electron chi connectivity index (χ2n) is 5.14. The van der Waals surface area contributed by atoms with Crippen LogP contribution in [-0.2, 0) is 0 Å². The number of nitrogens with one attached hydrogen (secondary N) is 2. The molecule has 0 bridgehead atoms. The van der Waals surface area contributed by atoms with Crippen LogP contribution in [0.4, 0.5) is 11.5 Å². The van der Waals surface area contributed by atoms with Gasteiger partial charge in [-0.15, -0.1) is 0 Å². The van der Waals surface area contributed by atoms with Crippen molar-refractivity contribution in [2.45, 2.75) is 13.0 Å². The van der Waals surface area contributed by atoms with Gasteiger partial charge in [0.2, 0.25) is 0 Å². The summed E-state index contributed by atoms with van der Waals surface area (Å²) in [6.45, 7) is 2.09. The quantitative estimate of drug-likeness (QED) is 0.744. The number of aromatic nitrogens is 1. The summed E-state index contributed by atoms with van der Waals surface area (Å²) in [7, 11) is 0. The van der Waals surface area contributed by atoms with Gasteiger partial charge in [-0.3, -0.25) is 4.79 Å². The van der Waals surface area contributed by atoms with Gasteiger partial charge in [-0.25, -0.2) is 4.98 Å². The molecule has 5 nitrogen and oxygen atoms in total. The van der Waals surface area contributed by atoms with Crippen molar-refractivity contribution in [3.05, 3.63) is 78.4 Å². The molecule has 2 aromatic heterocycles. The molecule has 0 radical (unpaired) electrons. The molecule has 1 unspecified atom stereocenters. The molecule has 1 amide bonds. The molecule has 2 N–H and O–H groups in total. The lowest BCUT2D eigenvalue weighted by atomic mass is 10.1. The number of carbonyl (C=O) groups is 1. The molecular formula is C18H17N3O2. The number of amides is 1. The van der Waals surface area contributed by atoms with Crippen LogP contribution >= 0.6 is 0 Å². The normalized spacial score (nSPS) is 11.7. The van der Waals surface area contributed by atoms with Crippen molar-refractivity contribution in [2.75, 3.05) is 10.6 Å². The Labute approximate surface area is 134 Å². The highest BCUT2D eigenvalue weighted by molar-refractivity contribution is 6.01. The SMILES string of the molecule is CC(Nc1ccc(NC(=O)c2ccco2)nc1)c1ccccc1. The van der Waals surface area contributed by atoms with Crippen molar-refractivity contribution in [1.29, 1.82) is 0 Å². The molecule has 0 aliphatic rings. The number of pyridine rings is 1. The van der Waals surface area contributed by atoms with Gasteiger partial charge in [0.25, 0.3) is 5.91 Å². The standard InChI is InChI=1S/C18H17N3O2/c1-13(14-6-3-2-4-7-14)20-15-9-10-17(19-12-15)21-18(22)16-8-5-11-23-16/h2-13,20H,1H3,(H,19,21,22). The first-order valence-electron chi connectivity index (χ1n) is 7.35. The zero-order valence-corrected chi connectivity index (χ0v) is 12.7. The summed E-state index contributed by atoms with van der Waals surface area (Å²) in [6.07, 6.45) is 3.15. The van der Waals surface area contributed by atoms with Crippen LogP contribution in [0.1, 0.15) is 29.1 Å². The van der Waals surface area contributed by atoms with Crippen LogP contribution in [0, 0.1) is 0 Å². The maximum absolute atomic E-state index is 11.9. The topological polar surface area (TPSA) is 67.2 Å². The predicted molar refractivity (Wildman–Crippen MR) is 89.4 cm³/mol.